The van der Waals surface area contributed by atoms with E-state index in [1.807, 2.05) is 24.3 Å². The molecule has 4 heteroatoms. The molecule has 0 radical (unpaired) electrons. The summed E-state index contributed by atoms with van der Waals surface area (Å²) in [6, 6.07) is 15.2. The van der Waals surface area contributed by atoms with Gasteiger partial charge in [-0.2, -0.15) is 5.26 Å². The van der Waals surface area contributed by atoms with Gasteiger partial charge in [0, 0.05) is 47.4 Å². The molecule has 0 bridgehead atoms. The average Bonchev–Trinajstić information content (AvgIpc) is 3.11. The average molecular weight is 398 g/mol. The van der Waals surface area contributed by atoms with Gasteiger partial charge in [-0.15, -0.1) is 0 Å². The number of nitrogens with zero attached hydrogens (tertiary/aromatic N) is 2. The van der Waals surface area contributed by atoms with E-state index >= 15 is 0 Å². The van der Waals surface area contributed by atoms with Crippen LogP contribution in [-0.2, 0) is 11.8 Å². The van der Waals surface area contributed by atoms with Crippen molar-refractivity contribution >= 4 is 17.0 Å². The molecule has 1 heterocycles. The lowest BCUT2D eigenvalue weighted by Crippen LogP contribution is -2.54. The molecule has 0 spiro atoms. The number of benzene rings is 2. The molecule has 0 saturated carbocycles. The number of carbonyl (C=O) groups is 1. The highest BCUT2D eigenvalue weighted by molar-refractivity contribution is 6.33. The summed E-state index contributed by atoms with van der Waals surface area (Å²) in [5, 5.41) is 12.9. The number of hydrogen-bond donors (Lipinski definition) is 1. The molecule has 3 aliphatic rings. The second-order valence-electron chi connectivity index (χ2n) is 9.57. The van der Waals surface area contributed by atoms with Gasteiger partial charge in [0.1, 0.15) is 0 Å². The highest BCUT2D eigenvalue weighted by Crippen LogP contribution is 2.50. The summed E-state index contributed by atoms with van der Waals surface area (Å²) in [6.45, 7) is 10.8. The highest BCUT2D eigenvalue weighted by Gasteiger charge is 2.43. The number of hydrogen-bond acceptors (Lipinski definition) is 4. The van der Waals surface area contributed by atoms with Crippen LogP contribution in [0.2, 0.25) is 0 Å². The van der Waals surface area contributed by atoms with Crippen molar-refractivity contribution in [3.8, 4) is 6.07 Å². The zero-order valence-electron chi connectivity index (χ0n) is 18.0. The van der Waals surface area contributed by atoms with E-state index in [0.717, 1.165) is 47.3 Å². The number of fused-ring (bicyclic) bond motifs is 3. The van der Waals surface area contributed by atoms with Crippen LogP contribution in [0, 0.1) is 11.3 Å². The summed E-state index contributed by atoms with van der Waals surface area (Å²) in [6.07, 6.45) is 0.740. The Hall–Kier alpha value is -2.90. The highest BCUT2D eigenvalue weighted by atomic mass is 16.1. The Morgan fingerprint density at radius 1 is 1.07 bits per heavy atom. The van der Waals surface area contributed by atoms with Crippen LogP contribution in [0.4, 0.5) is 5.69 Å². The molecule has 152 valence electrons. The Bertz CT molecular complexity index is 1140. The van der Waals surface area contributed by atoms with Crippen LogP contribution in [0.3, 0.4) is 0 Å². The molecule has 4 nitrogen and oxygen atoms in total. The van der Waals surface area contributed by atoms with Crippen molar-refractivity contribution in [3.63, 3.8) is 0 Å². The van der Waals surface area contributed by atoms with Crippen LogP contribution < -0.4 is 10.2 Å². The maximum Gasteiger partial charge on any atom is 0.193 e. The third-order valence-corrected chi connectivity index (χ3v) is 7.00. The summed E-state index contributed by atoms with van der Waals surface area (Å²) >= 11 is 0. The van der Waals surface area contributed by atoms with E-state index in [-0.39, 0.29) is 11.2 Å². The Morgan fingerprint density at radius 3 is 2.47 bits per heavy atom. The number of Topliss-reactive ketones (excluding diaryl/α,β-unsaturated/α-hetero) is 1. The number of allylic oxidation sites excluding steroid dienone is 2. The number of ketones is 1. The second kappa shape index (κ2) is 6.55. The molecule has 1 saturated heterocycles. The molecule has 5 rings (SSSR count). The third kappa shape index (κ3) is 2.73. The molecule has 0 amide bonds. The molecule has 30 heavy (non-hydrogen) atoms. The summed E-state index contributed by atoms with van der Waals surface area (Å²) in [4.78, 5) is 16.0. The SMILES string of the molecule is C[C@@H]1CN(c2ccc3c(c2)C(C)(C)C2=C(C3=O)c3ccc(C#N)cc3C2)C[C@H](C)N1. The molecular weight excluding hydrogens is 370 g/mol. The van der Waals surface area contributed by atoms with Crippen molar-refractivity contribution in [2.24, 2.45) is 0 Å². The summed E-state index contributed by atoms with van der Waals surface area (Å²) in [5.74, 6) is 0.122. The molecule has 1 N–H and O–H groups in total. The molecule has 2 aliphatic carbocycles. The quantitative estimate of drug-likeness (QED) is 0.782. The molecule has 2 atom stereocenters. The van der Waals surface area contributed by atoms with Crippen molar-refractivity contribution in [2.75, 3.05) is 18.0 Å². The summed E-state index contributed by atoms with van der Waals surface area (Å²) < 4.78 is 0. The standard InChI is InChI=1S/C26H27N3O/c1-15-13-29(14-16(2)28-15)19-6-8-21-22(11-19)26(3,4)23-10-18-9-17(12-27)5-7-20(18)24(23)25(21)30/h5-9,11,15-16,28H,10,13-14H2,1-4H3/t15-,16+. The molecule has 2 aromatic carbocycles. The van der Waals surface area contributed by atoms with Crippen LogP contribution in [0.15, 0.2) is 42.0 Å². The number of anilines is 1. The molecule has 0 aromatic heterocycles. The molecular formula is C26H27N3O. The van der Waals surface area contributed by atoms with Gasteiger partial charge in [-0.3, -0.25) is 4.79 Å². The van der Waals surface area contributed by atoms with Crippen molar-refractivity contribution in [1.29, 1.82) is 5.26 Å². The van der Waals surface area contributed by atoms with Crippen LogP contribution >= 0.6 is 0 Å². The zero-order chi connectivity index (χ0) is 21.2. The smallest absolute Gasteiger partial charge is 0.193 e. The first-order valence-corrected chi connectivity index (χ1v) is 10.8. The van der Waals surface area contributed by atoms with Crippen LogP contribution in [0.5, 0.6) is 0 Å². The van der Waals surface area contributed by atoms with E-state index < -0.39 is 0 Å². The predicted octanol–water partition coefficient (Wildman–Crippen LogP) is 4.23. The first-order valence-electron chi connectivity index (χ1n) is 10.8. The fourth-order valence-electron chi connectivity index (χ4n) is 5.57. The Kier molecular flexibility index (Phi) is 4.17. The van der Waals surface area contributed by atoms with E-state index in [9.17, 15) is 10.1 Å². The van der Waals surface area contributed by atoms with Crippen LogP contribution in [0.25, 0.3) is 5.57 Å². The van der Waals surface area contributed by atoms with E-state index in [4.69, 9.17) is 0 Å². The van der Waals surface area contributed by atoms with E-state index in [2.05, 4.69) is 56.1 Å². The maximum absolute atomic E-state index is 13.5. The lowest BCUT2D eigenvalue weighted by atomic mass is 9.68. The van der Waals surface area contributed by atoms with Gasteiger partial charge in [0.25, 0.3) is 0 Å². The lowest BCUT2D eigenvalue weighted by Gasteiger charge is -2.39. The first kappa shape index (κ1) is 19.1. The van der Waals surface area contributed by atoms with Gasteiger partial charge in [-0.25, -0.2) is 0 Å². The molecule has 1 fully saturated rings. The normalized spacial score (nSPS) is 24.2. The zero-order valence-corrected chi connectivity index (χ0v) is 18.0. The second-order valence-corrected chi connectivity index (χ2v) is 9.57. The number of rotatable bonds is 1. The third-order valence-electron chi connectivity index (χ3n) is 7.00. The Morgan fingerprint density at radius 2 is 1.77 bits per heavy atom. The van der Waals surface area contributed by atoms with E-state index in [1.54, 1.807) is 0 Å². The topological polar surface area (TPSA) is 56.1 Å². The van der Waals surface area contributed by atoms with Crippen molar-refractivity contribution < 1.29 is 4.79 Å². The van der Waals surface area contributed by atoms with E-state index in [0.29, 0.717) is 17.6 Å². The van der Waals surface area contributed by atoms with Gasteiger partial charge < -0.3 is 10.2 Å². The maximum atomic E-state index is 13.5. The number of nitrogens with one attached hydrogen (secondary N) is 1. The van der Waals surface area contributed by atoms with Gasteiger partial charge >= 0.3 is 0 Å². The van der Waals surface area contributed by atoms with Crippen LogP contribution in [0.1, 0.15) is 60.3 Å². The monoisotopic (exact) mass is 397 g/mol. The number of nitriles is 1. The Balaban J connectivity index is 1.59. The fraction of sp³-hybridized carbons (Fsp3) is 0.385. The molecule has 1 aliphatic heterocycles. The fourth-order valence-corrected chi connectivity index (χ4v) is 5.57. The van der Waals surface area contributed by atoms with Crippen molar-refractivity contribution in [3.05, 3.63) is 69.8 Å². The van der Waals surface area contributed by atoms with Gasteiger partial charge in [0.15, 0.2) is 5.78 Å². The molecule has 2 aromatic rings. The van der Waals surface area contributed by atoms with Crippen LogP contribution in [-0.4, -0.2) is 31.0 Å². The summed E-state index contributed by atoms with van der Waals surface area (Å²) in [7, 11) is 0. The number of carbonyl (C=O) groups excluding carboxylic acids is 1. The van der Waals surface area contributed by atoms with Gasteiger partial charge in [0.05, 0.1) is 11.6 Å². The minimum absolute atomic E-state index is 0.122. The summed E-state index contributed by atoms with van der Waals surface area (Å²) in [5.41, 5.74) is 7.69. The largest absolute Gasteiger partial charge is 0.368 e. The van der Waals surface area contributed by atoms with Crippen molar-refractivity contribution in [1.82, 2.24) is 5.32 Å². The number of piperazine rings is 1. The minimum Gasteiger partial charge on any atom is -0.368 e. The van der Waals surface area contributed by atoms with Crippen molar-refractivity contribution in [2.45, 2.75) is 51.6 Å². The van der Waals surface area contributed by atoms with E-state index in [1.165, 1.54) is 11.3 Å². The molecule has 0 unspecified atom stereocenters. The minimum atomic E-state index is -0.230. The Labute approximate surface area is 178 Å². The van der Waals surface area contributed by atoms with Gasteiger partial charge in [0.2, 0.25) is 0 Å². The first-order chi connectivity index (χ1) is 14.3. The lowest BCUT2D eigenvalue weighted by molar-refractivity contribution is 0.105. The van der Waals surface area contributed by atoms with Gasteiger partial charge in [-0.05, 0) is 72.9 Å². The van der Waals surface area contributed by atoms with Gasteiger partial charge in [-0.1, -0.05) is 19.9 Å². The predicted molar refractivity (Wildman–Crippen MR) is 120 cm³/mol.